The van der Waals surface area contributed by atoms with Crippen LogP contribution >= 0.6 is 11.6 Å². The Morgan fingerprint density at radius 2 is 1.71 bits per heavy atom. The van der Waals surface area contributed by atoms with Gasteiger partial charge in [0, 0.05) is 24.7 Å². The molecule has 0 saturated heterocycles. The van der Waals surface area contributed by atoms with Crippen molar-refractivity contribution in [2.45, 2.75) is 6.54 Å². The Labute approximate surface area is 146 Å². The van der Waals surface area contributed by atoms with Crippen molar-refractivity contribution >= 4 is 17.5 Å². The molecule has 0 aliphatic carbocycles. The molecule has 0 radical (unpaired) electrons. The van der Waals surface area contributed by atoms with E-state index in [2.05, 4.69) is 10.1 Å². The number of anilines is 1. The molecule has 0 aliphatic heterocycles. The topological polar surface area (TPSA) is 43.2 Å². The lowest BCUT2D eigenvalue weighted by atomic mass is 10.2. The van der Waals surface area contributed by atoms with E-state index in [0.717, 1.165) is 27.7 Å². The number of rotatable bonds is 5. The molecule has 0 bridgehead atoms. The maximum atomic E-state index is 5.96. The summed E-state index contributed by atoms with van der Waals surface area (Å²) in [7, 11) is 5.52. The van der Waals surface area contributed by atoms with Crippen molar-refractivity contribution in [1.82, 2.24) is 14.8 Å². The molecule has 124 valence electrons. The highest BCUT2D eigenvalue weighted by atomic mass is 35.5. The lowest BCUT2D eigenvalue weighted by Crippen LogP contribution is -2.11. The third-order valence-electron chi connectivity index (χ3n) is 3.65. The summed E-state index contributed by atoms with van der Waals surface area (Å²) in [6.07, 6.45) is 0. The molecule has 3 aromatic rings. The minimum atomic E-state index is 0.624. The number of nitrogens with zero attached hydrogens (tertiary/aromatic N) is 4. The Morgan fingerprint density at radius 3 is 2.29 bits per heavy atom. The monoisotopic (exact) mass is 342 g/mol. The highest BCUT2D eigenvalue weighted by Crippen LogP contribution is 2.24. The van der Waals surface area contributed by atoms with Crippen LogP contribution in [0.4, 0.5) is 5.95 Å². The Hall–Kier alpha value is -2.53. The molecule has 0 aliphatic rings. The number of aromatic nitrogens is 3. The van der Waals surface area contributed by atoms with Crippen molar-refractivity contribution in [3.8, 4) is 17.1 Å². The molecule has 3 rings (SSSR count). The molecule has 0 atom stereocenters. The van der Waals surface area contributed by atoms with E-state index in [9.17, 15) is 0 Å². The molecular formula is C18H19ClN4O. The lowest BCUT2D eigenvalue weighted by molar-refractivity contribution is 0.415. The summed E-state index contributed by atoms with van der Waals surface area (Å²) in [4.78, 5) is 6.55. The van der Waals surface area contributed by atoms with Crippen LogP contribution in [-0.4, -0.2) is 36.0 Å². The molecular weight excluding hydrogens is 324 g/mol. The van der Waals surface area contributed by atoms with E-state index < -0.39 is 0 Å². The van der Waals surface area contributed by atoms with Crippen LogP contribution in [-0.2, 0) is 6.54 Å². The first-order valence-corrected chi connectivity index (χ1v) is 7.95. The van der Waals surface area contributed by atoms with Gasteiger partial charge in [0.05, 0.1) is 13.7 Å². The van der Waals surface area contributed by atoms with Crippen LogP contribution < -0.4 is 9.64 Å². The average Bonchev–Trinajstić information content (AvgIpc) is 3.01. The van der Waals surface area contributed by atoms with Gasteiger partial charge >= 0.3 is 0 Å². The molecule has 0 spiro atoms. The zero-order chi connectivity index (χ0) is 17.1. The summed E-state index contributed by atoms with van der Waals surface area (Å²) in [5, 5.41) is 5.34. The van der Waals surface area contributed by atoms with E-state index in [1.54, 1.807) is 7.11 Å². The standard InChI is InChI=1S/C18H19ClN4O/c1-22(2)18-20-17(14-6-10-16(24-3)11-7-14)23(21-18)12-13-4-8-15(19)9-5-13/h4-11H,12H2,1-3H3. The number of halogens is 1. The molecule has 0 amide bonds. The largest absolute Gasteiger partial charge is 0.497 e. The Bertz CT molecular complexity index is 810. The summed E-state index contributed by atoms with van der Waals surface area (Å²) >= 11 is 5.96. The normalized spacial score (nSPS) is 10.7. The summed E-state index contributed by atoms with van der Waals surface area (Å²) in [5.74, 6) is 2.31. The summed E-state index contributed by atoms with van der Waals surface area (Å²) < 4.78 is 7.13. The van der Waals surface area contributed by atoms with Gasteiger partial charge in [-0.25, -0.2) is 4.68 Å². The van der Waals surface area contributed by atoms with Gasteiger partial charge in [-0.1, -0.05) is 23.7 Å². The van der Waals surface area contributed by atoms with Gasteiger partial charge in [0.1, 0.15) is 5.75 Å². The van der Waals surface area contributed by atoms with Crippen LogP contribution in [0, 0.1) is 0 Å². The van der Waals surface area contributed by atoms with Crippen molar-refractivity contribution in [3.05, 3.63) is 59.1 Å². The average molecular weight is 343 g/mol. The van der Waals surface area contributed by atoms with Crippen LogP contribution in [0.25, 0.3) is 11.4 Å². The van der Waals surface area contributed by atoms with Gasteiger partial charge in [-0.15, -0.1) is 5.10 Å². The van der Waals surface area contributed by atoms with Gasteiger partial charge < -0.3 is 9.64 Å². The van der Waals surface area contributed by atoms with Gasteiger partial charge in [-0.2, -0.15) is 4.98 Å². The molecule has 0 unspecified atom stereocenters. The maximum absolute atomic E-state index is 5.96. The van der Waals surface area contributed by atoms with E-state index in [4.69, 9.17) is 16.3 Å². The third kappa shape index (κ3) is 3.51. The van der Waals surface area contributed by atoms with E-state index in [1.165, 1.54) is 0 Å². The van der Waals surface area contributed by atoms with Crippen molar-refractivity contribution in [3.63, 3.8) is 0 Å². The fourth-order valence-corrected chi connectivity index (χ4v) is 2.47. The SMILES string of the molecule is COc1ccc(-c2nc(N(C)C)nn2Cc2ccc(Cl)cc2)cc1. The fraction of sp³-hybridized carbons (Fsp3) is 0.222. The molecule has 24 heavy (non-hydrogen) atoms. The first-order chi connectivity index (χ1) is 11.6. The summed E-state index contributed by atoms with van der Waals surface area (Å²) in [5.41, 5.74) is 2.11. The van der Waals surface area contributed by atoms with Crippen LogP contribution in [0.2, 0.25) is 5.02 Å². The van der Waals surface area contributed by atoms with Crippen molar-refractivity contribution in [2.24, 2.45) is 0 Å². The molecule has 6 heteroatoms. The number of hydrogen-bond donors (Lipinski definition) is 0. The molecule has 0 saturated carbocycles. The number of hydrogen-bond acceptors (Lipinski definition) is 4. The Balaban J connectivity index is 1.98. The lowest BCUT2D eigenvalue weighted by Gasteiger charge is -2.07. The highest BCUT2D eigenvalue weighted by molar-refractivity contribution is 6.30. The molecule has 1 aromatic heterocycles. The van der Waals surface area contributed by atoms with Crippen LogP contribution in [0.3, 0.4) is 0 Å². The zero-order valence-corrected chi connectivity index (χ0v) is 14.7. The van der Waals surface area contributed by atoms with Crippen molar-refractivity contribution in [1.29, 1.82) is 0 Å². The zero-order valence-electron chi connectivity index (χ0n) is 13.9. The second-order valence-electron chi connectivity index (χ2n) is 5.64. The van der Waals surface area contributed by atoms with Crippen LogP contribution in [0.5, 0.6) is 5.75 Å². The molecule has 0 N–H and O–H groups in total. The third-order valence-corrected chi connectivity index (χ3v) is 3.91. The van der Waals surface area contributed by atoms with Gasteiger partial charge in [-0.05, 0) is 42.0 Å². The number of ether oxygens (including phenoxy) is 1. The Morgan fingerprint density at radius 1 is 1.04 bits per heavy atom. The minimum absolute atomic E-state index is 0.624. The second kappa shape index (κ2) is 6.93. The van der Waals surface area contributed by atoms with Crippen LogP contribution in [0.1, 0.15) is 5.56 Å². The van der Waals surface area contributed by atoms with Gasteiger partial charge in [0.15, 0.2) is 5.82 Å². The molecule has 1 heterocycles. The van der Waals surface area contributed by atoms with E-state index in [0.29, 0.717) is 12.5 Å². The predicted octanol–water partition coefficient (Wildman–Crippen LogP) is 3.72. The van der Waals surface area contributed by atoms with Crippen molar-refractivity contribution in [2.75, 3.05) is 26.1 Å². The number of benzene rings is 2. The molecule has 2 aromatic carbocycles. The van der Waals surface area contributed by atoms with Gasteiger partial charge in [0.25, 0.3) is 0 Å². The summed E-state index contributed by atoms with van der Waals surface area (Å²) in [6.45, 7) is 0.624. The molecule has 0 fully saturated rings. The van der Waals surface area contributed by atoms with Crippen molar-refractivity contribution < 1.29 is 4.74 Å². The Kier molecular flexibility index (Phi) is 4.71. The quantitative estimate of drug-likeness (QED) is 0.708. The fourth-order valence-electron chi connectivity index (χ4n) is 2.35. The van der Waals surface area contributed by atoms with Gasteiger partial charge in [0.2, 0.25) is 5.95 Å². The number of methoxy groups -OCH3 is 1. The minimum Gasteiger partial charge on any atom is -0.497 e. The first-order valence-electron chi connectivity index (χ1n) is 7.58. The summed E-state index contributed by atoms with van der Waals surface area (Å²) in [6, 6.07) is 15.6. The second-order valence-corrected chi connectivity index (χ2v) is 6.08. The van der Waals surface area contributed by atoms with E-state index in [-0.39, 0.29) is 0 Å². The maximum Gasteiger partial charge on any atom is 0.244 e. The highest BCUT2D eigenvalue weighted by Gasteiger charge is 2.14. The predicted molar refractivity (Wildman–Crippen MR) is 96.9 cm³/mol. The van der Waals surface area contributed by atoms with Crippen LogP contribution in [0.15, 0.2) is 48.5 Å². The smallest absolute Gasteiger partial charge is 0.244 e. The van der Waals surface area contributed by atoms with E-state index >= 15 is 0 Å². The van der Waals surface area contributed by atoms with E-state index in [1.807, 2.05) is 72.2 Å². The molecule has 5 nitrogen and oxygen atoms in total. The van der Waals surface area contributed by atoms with Gasteiger partial charge in [-0.3, -0.25) is 0 Å². The first kappa shape index (κ1) is 16.3.